The molecule has 4 nitrogen and oxygen atoms in total. The van der Waals surface area contributed by atoms with E-state index in [0.29, 0.717) is 12.2 Å². The number of aromatic carboxylic acids is 1. The van der Waals surface area contributed by atoms with Gasteiger partial charge in [-0.3, -0.25) is 0 Å². The lowest BCUT2D eigenvalue weighted by Crippen LogP contribution is -2.12. The van der Waals surface area contributed by atoms with Crippen LogP contribution >= 0.6 is 0 Å². The van der Waals surface area contributed by atoms with Crippen molar-refractivity contribution in [1.29, 1.82) is 0 Å². The molecule has 0 saturated heterocycles. The van der Waals surface area contributed by atoms with E-state index < -0.39 is 5.97 Å². The average molecular weight is 231 g/mol. The van der Waals surface area contributed by atoms with E-state index in [1.54, 1.807) is 6.07 Å². The number of carbonyl (C=O) groups is 1. The van der Waals surface area contributed by atoms with E-state index in [9.17, 15) is 4.79 Å². The van der Waals surface area contributed by atoms with Crippen LogP contribution in [0.15, 0.2) is 46.9 Å². The molecule has 17 heavy (non-hydrogen) atoms. The highest BCUT2D eigenvalue weighted by atomic mass is 16.4. The van der Waals surface area contributed by atoms with Crippen LogP contribution in [0.5, 0.6) is 0 Å². The molecule has 0 spiro atoms. The largest absolute Gasteiger partial charge is 0.475 e. The molecule has 0 amide bonds. The third kappa shape index (κ3) is 2.73. The molecule has 0 aliphatic carbocycles. The molecule has 0 fully saturated rings. The van der Waals surface area contributed by atoms with Crippen LogP contribution in [-0.2, 0) is 6.42 Å². The van der Waals surface area contributed by atoms with E-state index in [4.69, 9.17) is 15.3 Å². The number of carboxylic acid groups (broad SMARTS) is 1. The SMILES string of the molecule is NC(Cc1ccccc1)c1ccc(C(=O)O)o1. The molecule has 0 aliphatic rings. The molecule has 0 saturated carbocycles. The van der Waals surface area contributed by atoms with Crippen molar-refractivity contribution in [3.63, 3.8) is 0 Å². The Labute approximate surface area is 98.7 Å². The first-order valence-electron chi connectivity index (χ1n) is 5.29. The maximum absolute atomic E-state index is 10.7. The van der Waals surface area contributed by atoms with Crippen LogP contribution in [0.25, 0.3) is 0 Å². The number of rotatable bonds is 4. The van der Waals surface area contributed by atoms with Gasteiger partial charge in [0.25, 0.3) is 0 Å². The van der Waals surface area contributed by atoms with Crippen molar-refractivity contribution in [1.82, 2.24) is 0 Å². The first-order valence-corrected chi connectivity index (χ1v) is 5.29. The molecule has 1 unspecified atom stereocenters. The molecule has 1 atom stereocenters. The topological polar surface area (TPSA) is 76.5 Å². The molecule has 2 aromatic rings. The summed E-state index contributed by atoms with van der Waals surface area (Å²) in [7, 11) is 0. The summed E-state index contributed by atoms with van der Waals surface area (Å²) in [5.41, 5.74) is 7.04. The van der Waals surface area contributed by atoms with Gasteiger partial charge in [-0.1, -0.05) is 30.3 Å². The lowest BCUT2D eigenvalue weighted by molar-refractivity contribution is 0.0659. The first kappa shape index (κ1) is 11.4. The van der Waals surface area contributed by atoms with E-state index >= 15 is 0 Å². The Balaban J connectivity index is 2.09. The molecule has 1 aromatic carbocycles. The van der Waals surface area contributed by atoms with Crippen LogP contribution in [0.1, 0.15) is 27.9 Å². The summed E-state index contributed by atoms with van der Waals surface area (Å²) in [5, 5.41) is 8.74. The lowest BCUT2D eigenvalue weighted by atomic mass is 10.1. The summed E-state index contributed by atoms with van der Waals surface area (Å²) >= 11 is 0. The summed E-state index contributed by atoms with van der Waals surface area (Å²) in [6, 6.07) is 12.5. The smallest absolute Gasteiger partial charge is 0.371 e. The van der Waals surface area contributed by atoms with E-state index in [-0.39, 0.29) is 11.8 Å². The summed E-state index contributed by atoms with van der Waals surface area (Å²) in [6.07, 6.45) is 0.618. The second-order valence-electron chi connectivity index (χ2n) is 3.80. The predicted molar refractivity (Wildman–Crippen MR) is 62.7 cm³/mol. The maximum atomic E-state index is 10.7. The van der Waals surface area contributed by atoms with Gasteiger partial charge >= 0.3 is 5.97 Å². The maximum Gasteiger partial charge on any atom is 0.371 e. The van der Waals surface area contributed by atoms with E-state index in [0.717, 1.165) is 5.56 Å². The number of hydrogen-bond acceptors (Lipinski definition) is 3. The summed E-state index contributed by atoms with van der Waals surface area (Å²) < 4.78 is 5.15. The summed E-state index contributed by atoms with van der Waals surface area (Å²) in [4.78, 5) is 10.7. The Morgan fingerprint density at radius 1 is 1.24 bits per heavy atom. The molecular weight excluding hydrogens is 218 g/mol. The lowest BCUT2D eigenvalue weighted by Gasteiger charge is -2.08. The van der Waals surface area contributed by atoms with Crippen molar-refractivity contribution in [2.45, 2.75) is 12.5 Å². The predicted octanol–water partition coefficient (Wildman–Crippen LogP) is 2.22. The fourth-order valence-corrected chi connectivity index (χ4v) is 1.64. The second kappa shape index (κ2) is 4.84. The van der Waals surface area contributed by atoms with Gasteiger partial charge < -0.3 is 15.3 Å². The second-order valence-corrected chi connectivity index (χ2v) is 3.80. The Morgan fingerprint density at radius 3 is 2.53 bits per heavy atom. The van der Waals surface area contributed by atoms with E-state index in [1.165, 1.54) is 6.07 Å². The third-order valence-corrected chi connectivity index (χ3v) is 2.50. The highest BCUT2D eigenvalue weighted by Gasteiger charge is 2.14. The van der Waals surface area contributed by atoms with Crippen LogP contribution in [0, 0.1) is 0 Å². The van der Waals surface area contributed by atoms with Gasteiger partial charge in [-0.25, -0.2) is 4.79 Å². The van der Waals surface area contributed by atoms with Crippen LogP contribution in [0.2, 0.25) is 0 Å². The van der Waals surface area contributed by atoms with Crippen LogP contribution in [0.4, 0.5) is 0 Å². The zero-order valence-corrected chi connectivity index (χ0v) is 9.17. The van der Waals surface area contributed by atoms with Gasteiger partial charge in [-0.15, -0.1) is 0 Å². The van der Waals surface area contributed by atoms with Crippen molar-refractivity contribution in [2.24, 2.45) is 5.73 Å². The van der Waals surface area contributed by atoms with Gasteiger partial charge in [-0.2, -0.15) is 0 Å². The van der Waals surface area contributed by atoms with Crippen molar-refractivity contribution >= 4 is 5.97 Å². The standard InChI is InChI=1S/C13H13NO3/c14-10(8-9-4-2-1-3-5-9)11-6-7-12(17-11)13(15)16/h1-7,10H,8,14H2,(H,15,16). The molecule has 0 bridgehead atoms. The van der Waals surface area contributed by atoms with Gasteiger partial charge in [-0.05, 0) is 24.1 Å². The van der Waals surface area contributed by atoms with Gasteiger partial charge in [0.05, 0.1) is 6.04 Å². The fraction of sp³-hybridized carbons (Fsp3) is 0.154. The minimum Gasteiger partial charge on any atom is -0.475 e. The average Bonchev–Trinajstić information content (AvgIpc) is 2.79. The molecule has 0 radical (unpaired) electrons. The van der Waals surface area contributed by atoms with Gasteiger partial charge in [0.1, 0.15) is 5.76 Å². The molecule has 3 N–H and O–H groups in total. The Hall–Kier alpha value is -2.07. The van der Waals surface area contributed by atoms with Crippen molar-refractivity contribution in [2.75, 3.05) is 0 Å². The highest BCUT2D eigenvalue weighted by Crippen LogP contribution is 2.18. The minimum atomic E-state index is -1.08. The van der Waals surface area contributed by atoms with Gasteiger partial charge in [0.15, 0.2) is 0 Å². The van der Waals surface area contributed by atoms with E-state index in [1.807, 2.05) is 30.3 Å². The first-order chi connectivity index (χ1) is 8.16. The monoisotopic (exact) mass is 231 g/mol. The molecule has 88 valence electrons. The van der Waals surface area contributed by atoms with Crippen molar-refractivity contribution < 1.29 is 14.3 Å². The van der Waals surface area contributed by atoms with Crippen molar-refractivity contribution in [3.8, 4) is 0 Å². The molecule has 2 rings (SSSR count). The molecular formula is C13H13NO3. The number of furan rings is 1. The van der Waals surface area contributed by atoms with Crippen molar-refractivity contribution in [3.05, 3.63) is 59.5 Å². The number of benzene rings is 1. The Bertz CT molecular complexity index is 504. The zero-order chi connectivity index (χ0) is 12.3. The summed E-state index contributed by atoms with van der Waals surface area (Å²) in [6.45, 7) is 0. The molecule has 0 aliphatic heterocycles. The third-order valence-electron chi connectivity index (χ3n) is 2.50. The van der Waals surface area contributed by atoms with Gasteiger partial charge in [0.2, 0.25) is 5.76 Å². The van der Waals surface area contributed by atoms with Crippen LogP contribution < -0.4 is 5.73 Å². The summed E-state index contributed by atoms with van der Waals surface area (Å²) in [5.74, 6) is -0.669. The van der Waals surface area contributed by atoms with Crippen LogP contribution in [0.3, 0.4) is 0 Å². The van der Waals surface area contributed by atoms with Crippen LogP contribution in [-0.4, -0.2) is 11.1 Å². The molecule has 4 heteroatoms. The number of nitrogens with two attached hydrogens (primary N) is 1. The fourth-order valence-electron chi connectivity index (χ4n) is 1.64. The number of hydrogen-bond donors (Lipinski definition) is 2. The Kier molecular flexibility index (Phi) is 3.25. The normalized spacial score (nSPS) is 12.3. The van der Waals surface area contributed by atoms with Gasteiger partial charge in [0, 0.05) is 0 Å². The minimum absolute atomic E-state index is 0.0801. The quantitative estimate of drug-likeness (QED) is 0.845. The zero-order valence-electron chi connectivity index (χ0n) is 9.17. The Morgan fingerprint density at radius 2 is 1.94 bits per heavy atom. The molecule has 1 heterocycles. The highest BCUT2D eigenvalue weighted by molar-refractivity contribution is 5.84. The number of carboxylic acids is 1. The molecule has 1 aromatic heterocycles. The van der Waals surface area contributed by atoms with E-state index in [2.05, 4.69) is 0 Å².